The molecule has 1 atom stereocenters. The standard InChI is InChI=1S/C20H22ClN5O/c1-14-18(19-22-8-5-9-26(19)23-14)20(27)25-12-10-24(11-13-25)15(2)16-6-3-4-7-17(16)21/h3-9,15H,10-13H2,1-2H3. The molecule has 6 nitrogen and oxygen atoms in total. The van der Waals surface area contributed by atoms with Crippen LogP contribution in [0.1, 0.15) is 34.6 Å². The first-order valence-corrected chi connectivity index (χ1v) is 9.52. The smallest absolute Gasteiger partial charge is 0.259 e. The highest BCUT2D eigenvalue weighted by Crippen LogP contribution is 2.28. The van der Waals surface area contributed by atoms with Crippen molar-refractivity contribution in [2.24, 2.45) is 0 Å². The van der Waals surface area contributed by atoms with Crippen molar-refractivity contribution in [2.45, 2.75) is 19.9 Å². The van der Waals surface area contributed by atoms with Gasteiger partial charge in [-0.25, -0.2) is 9.50 Å². The van der Waals surface area contributed by atoms with E-state index in [0.717, 1.165) is 23.7 Å². The minimum Gasteiger partial charge on any atom is -0.336 e. The number of carbonyl (C=O) groups is 1. The SMILES string of the molecule is Cc1nn2cccnc2c1C(=O)N1CCN(C(C)c2ccccc2Cl)CC1. The van der Waals surface area contributed by atoms with Gasteiger partial charge in [-0.1, -0.05) is 29.8 Å². The van der Waals surface area contributed by atoms with E-state index >= 15 is 0 Å². The fourth-order valence-electron chi connectivity index (χ4n) is 3.73. The lowest BCUT2D eigenvalue weighted by Gasteiger charge is -2.38. The first kappa shape index (κ1) is 17.9. The summed E-state index contributed by atoms with van der Waals surface area (Å²) < 4.78 is 1.66. The van der Waals surface area contributed by atoms with E-state index in [1.807, 2.05) is 42.3 Å². The third kappa shape index (κ3) is 3.31. The second kappa shape index (κ2) is 7.29. The first-order chi connectivity index (χ1) is 13.1. The van der Waals surface area contributed by atoms with Gasteiger partial charge in [-0.15, -0.1) is 0 Å². The van der Waals surface area contributed by atoms with E-state index in [9.17, 15) is 4.79 Å². The fraction of sp³-hybridized carbons (Fsp3) is 0.350. The summed E-state index contributed by atoms with van der Waals surface area (Å²) in [5, 5.41) is 5.19. The number of piperazine rings is 1. The van der Waals surface area contributed by atoms with Gasteiger partial charge in [0, 0.05) is 49.6 Å². The van der Waals surface area contributed by atoms with Crippen molar-refractivity contribution < 1.29 is 4.79 Å². The van der Waals surface area contributed by atoms with Crippen LogP contribution in [-0.2, 0) is 0 Å². The molecule has 3 heterocycles. The molecule has 1 aromatic carbocycles. The van der Waals surface area contributed by atoms with Crippen LogP contribution < -0.4 is 0 Å². The second-order valence-corrected chi connectivity index (χ2v) is 7.28. The first-order valence-electron chi connectivity index (χ1n) is 9.14. The summed E-state index contributed by atoms with van der Waals surface area (Å²) >= 11 is 6.35. The Kier molecular flexibility index (Phi) is 4.85. The molecule has 0 radical (unpaired) electrons. The van der Waals surface area contributed by atoms with E-state index in [0.29, 0.717) is 30.0 Å². The predicted octanol–water partition coefficient (Wildman–Crippen LogP) is 3.21. The molecule has 2 aromatic heterocycles. The quantitative estimate of drug-likeness (QED) is 0.697. The highest BCUT2D eigenvalue weighted by atomic mass is 35.5. The van der Waals surface area contributed by atoms with Crippen LogP contribution in [-0.4, -0.2) is 56.5 Å². The lowest BCUT2D eigenvalue weighted by atomic mass is 10.1. The van der Waals surface area contributed by atoms with Gasteiger partial charge in [-0.2, -0.15) is 5.10 Å². The summed E-state index contributed by atoms with van der Waals surface area (Å²) in [6.45, 7) is 7.00. The van der Waals surface area contributed by atoms with Crippen molar-refractivity contribution in [3.63, 3.8) is 0 Å². The largest absolute Gasteiger partial charge is 0.336 e. The molecule has 1 amide bonds. The molecule has 0 spiro atoms. The van der Waals surface area contributed by atoms with Crippen molar-refractivity contribution in [1.82, 2.24) is 24.4 Å². The number of rotatable bonds is 3. The summed E-state index contributed by atoms with van der Waals surface area (Å²) in [6, 6.07) is 9.98. The van der Waals surface area contributed by atoms with Crippen LogP contribution in [0.15, 0.2) is 42.7 Å². The molecule has 1 unspecified atom stereocenters. The fourth-order valence-corrected chi connectivity index (χ4v) is 4.02. The van der Waals surface area contributed by atoms with Gasteiger partial charge in [0.2, 0.25) is 0 Å². The third-order valence-electron chi connectivity index (χ3n) is 5.29. The molecular formula is C20H22ClN5O. The number of hydrogen-bond acceptors (Lipinski definition) is 4. The van der Waals surface area contributed by atoms with E-state index in [2.05, 4.69) is 28.0 Å². The average Bonchev–Trinajstić information content (AvgIpc) is 3.03. The van der Waals surface area contributed by atoms with E-state index in [-0.39, 0.29) is 11.9 Å². The number of aryl methyl sites for hydroxylation is 1. The van der Waals surface area contributed by atoms with Gasteiger partial charge in [0.05, 0.1) is 5.69 Å². The zero-order valence-corrected chi connectivity index (χ0v) is 16.2. The van der Waals surface area contributed by atoms with Crippen LogP contribution in [0.2, 0.25) is 5.02 Å². The van der Waals surface area contributed by atoms with Crippen molar-refractivity contribution in [3.05, 3.63) is 64.6 Å². The lowest BCUT2D eigenvalue weighted by molar-refractivity contribution is 0.0583. The van der Waals surface area contributed by atoms with Gasteiger partial charge >= 0.3 is 0 Å². The molecule has 1 aliphatic heterocycles. The Morgan fingerprint density at radius 3 is 2.63 bits per heavy atom. The molecule has 4 rings (SSSR count). The van der Waals surface area contributed by atoms with E-state index < -0.39 is 0 Å². The Morgan fingerprint density at radius 1 is 1.15 bits per heavy atom. The number of benzene rings is 1. The molecule has 1 fully saturated rings. The molecule has 0 N–H and O–H groups in total. The lowest BCUT2D eigenvalue weighted by Crippen LogP contribution is -2.49. The summed E-state index contributed by atoms with van der Waals surface area (Å²) in [7, 11) is 0. The van der Waals surface area contributed by atoms with E-state index in [4.69, 9.17) is 11.6 Å². The highest BCUT2D eigenvalue weighted by molar-refractivity contribution is 6.31. The number of halogens is 1. The van der Waals surface area contributed by atoms with Gasteiger partial charge in [0.1, 0.15) is 5.56 Å². The zero-order valence-electron chi connectivity index (χ0n) is 15.5. The zero-order chi connectivity index (χ0) is 19.0. The average molecular weight is 384 g/mol. The molecule has 0 bridgehead atoms. The third-order valence-corrected chi connectivity index (χ3v) is 5.63. The van der Waals surface area contributed by atoms with Gasteiger partial charge in [-0.3, -0.25) is 9.69 Å². The van der Waals surface area contributed by atoms with E-state index in [1.54, 1.807) is 10.7 Å². The topological polar surface area (TPSA) is 53.7 Å². The molecule has 27 heavy (non-hydrogen) atoms. The van der Waals surface area contributed by atoms with Crippen molar-refractivity contribution in [3.8, 4) is 0 Å². The van der Waals surface area contributed by atoms with Gasteiger partial charge in [0.15, 0.2) is 5.65 Å². The predicted molar refractivity (Wildman–Crippen MR) is 105 cm³/mol. The maximum absolute atomic E-state index is 13.1. The van der Waals surface area contributed by atoms with Crippen LogP contribution in [0.4, 0.5) is 0 Å². The van der Waals surface area contributed by atoms with Crippen molar-refractivity contribution in [1.29, 1.82) is 0 Å². The van der Waals surface area contributed by atoms with Crippen molar-refractivity contribution >= 4 is 23.2 Å². The Bertz CT molecular complexity index is 977. The Balaban J connectivity index is 1.48. The van der Waals surface area contributed by atoms with Gasteiger partial charge in [0.25, 0.3) is 5.91 Å². The minimum atomic E-state index is 0.00578. The second-order valence-electron chi connectivity index (χ2n) is 6.87. The summed E-state index contributed by atoms with van der Waals surface area (Å²) in [6.07, 6.45) is 3.51. The minimum absolute atomic E-state index is 0.00578. The van der Waals surface area contributed by atoms with Crippen LogP contribution in [0.25, 0.3) is 5.65 Å². The molecular weight excluding hydrogens is 362 g/mol. The Morgan fingerprint density at radius 2 is 1.89 bits per heavy atom. The molecule has 3 aromatic rings. The Labute approximate surface area is 163 Å². The maximum atomic E-state index is 13.1. The summed E-state index contributed by atoms with van der Waals surface area (Å²) in [5.41, 5.74) is 3.06. The highest BCUT2D eigenvalue weighted by Gasteiger charge is 2.29. The van der Waals surface area contributed by atoms with E-state index in [1.165, 1.54) is 0 Å². The van der Waals surface area contributed by atoms with Crippen LogP contribution in [0.3, 0.4) is 0 Å². The number of aromatic nitrogens is 3. The maximum Gasteiger partial charge on any atom is 0.259 e. The van der Waals surface area contributed by atoms with Crippen molar-refractivity contribution in [2.75, 3.05) is 26.2 Å². The van der Waals surface area contributed by atoms with Crippen LogP contribution in [0, 0.1) is 6.92 Å². The molecule has 1 aliphatic rings. The molecule has 0 aliphatic carbocycles. The number of hydrogen-bond donors (Lipinski definition) is 0. The molecule has 0 saturated carbocycles. The number of amides is 1. The Hall–Kier alpha value is -2.44. The van der Waals surface area contributed by atoms with Gasteiger partial charge in [-0.05, 0) is 31.5 Å². The number of carbonyl (C=O) groups excluding carboxylic acids is 1. The van der Waals surface area contributed by atoms with Crippen LogP contribution in [0.5, 0.6) is 0 Å². The van der Waals surface area contributed by atoms with Crippen LogP contribution >= 0.6 is 11.6 Å². The molecule has 1 saturated heterocycles. The summed E-state index contributed by atoms with van der Waals surface area (Å²) in [4.78, 5) is 21.7. The number of nitrogens with zero attached hydrogens (tertiary/aromatic N) is 5. The molecule has 140 valence electrons. The summed E-state index contributed by atoms with van der Waals surface area (Å²) in [5.74, 6) is 0.00578. The van der Waals surface area contributed by atoms with Gasteiger partial charge < -0.3 is 4.90 Å². The number of fused-ring (bicyclic) bond motifs is 1. The molecule has 7 heteroatoms. The monoisotopic (exact) mass is 383 g/mol. The normalized spacial score (nSPS) is 16.6.